The van der Waals surface area contributed by atoms with Gasteiger partial charge in [-0.3, -0.25) is 0 Å². The summed E-state index contributed by atoms with van der Waals surface area (Å²) >= 11 is 0. The SMILES string of the molecule is CNC(CCC1CCCO1)c1ccc(COC)o1. The van der Waals surface area contributed by atoms with Crippen molar-refractivity contribution in [2.75, 3.05) is 20.8 Å². The number of hydrogen-bond donors (Lipinski definition) is 1. The number of furan rings is 1. The van der Waals surface area contributed by atoms with Crippen molar-refractivity contribution in [1.29, 1.82) is 0 Å². The summed E-state index contributed by atoms with van der Waals surface area (Å²) in [4.78, 5) is 0. The van der Waals surface area contributed by atoms with Gasteiger partial charge in [-0.2, -0.15) is 0 Å². The third-order valence-corrected chi connectivity index (χ3v) is 3.46. The maximum atomic E-state index is 5.76. The van der Waals surface area contributed by atoms with E-state index in [1.54, 1.807) is 7.11 Å². The minimum Gasteiger partial charge on any atom is -0.462 e. The third-order valence-electron chi connectivity index (χ3n) is 3.46. The minimum absolute atomic E-state index is 0.264. The van der Waals surface area contributed by atoms with Gasteiger partial charge in [0.25, 0.3) is 0 Å². The molecule has 0 radical (unpaired) electrons. The summed E-state index contributed by atoms with van der Waals surface area (Å²) in [5.74, 6) is 1.87. The zero-order valence-corrected chi connectivity index (χ0v) is 11.3. The molecule has 1 aliphatic heterocycles. The van der Waals surface area contributed by atoms with Crippen LogP contribution >= 0.6 is 0 Å². The number of methoxy groups -OCH3 is 1. The molecule has 2 atom stereocenters. The lowest BCUT2D eigenvalue weighted by Crippen LogP contribution is -2.18. The van der Waals surface area contributed by atoms with E-state index in [4.69, 9.17) is 13.9 Å². The van der Waals surface area contributed by atoms with E-state index < -0.39 is 0 Å². The Balaban J connectivity index is 1.85. The predicted molar refractivity (Wildman–Crippen MR) is 69.4 cm³/mol. The molecule has 1 saturated heterocycles. The molecule has 2 rings (SSSR count). The number of hydrogen-bond acceptors (Lipinski definition) is 4. The van der Waals surface area contributed by atoms with E-state index in [-0.39, 0.29) is 6.04 Å². The molecule has 0 bridgehead atoms. The van der Waals surface area contributed by atoms with Crippen LogP contribution in [0.25, 0.3) is 0 Å². The summed E-state index contributed by atoms with van der Waals surface area (Å²) in [6.45, 7) is 1.45. The maximum Gasteiger partial charge on any atom is 0.129 e. The van der Waals surface area contributed by atoms with Gasteiger partial charge in [0.2, 0.25) is 0 Å². The molecule has 0 aromatic carbocycles. The first-order valence-corrected chi connectivity index (χ1v) is 6.70. The fourth-order valence-corrected chi connectivity index (χ4v) is 2.46. The van der Waals surface area contributed by atoms with Gasteiger partial charge in [-0.25, -0.2) is 0 Å². The molecular weight excluding hydrogens is 230 g/mol. The van der Waals surface area contributed by atoms with Crippen LogP contribution in [0, 0.1) is 0 Å². The average molecular weight is 253 g/mol. The summed E-state index contributed by atoms with van der Waals surface area (Å²) in [5.41, 5.74) is 0. The monoisotopic (exact) mass is 253 g/mol. The Morgan fingerprint density at radius 3 is 3.06 bits per heavy atom. The lowest BCUT2D eigenvalue weighted by atomic mass is 10.0. The van der Waals surface area contributed by atoms with E-state index >= 15 is 0 Å². The molecule has 1 N–H and O–H groups in total. The Morgan fingerprint density at radius 2 is 2.39 bits per heavy atom. The fraction of sp³-hybridized carbons (Fsp3) is 0.714. The molecule has 2 unspecified atom stereocenters. The summed E-state index contributed by atoms with van der Waals surface area (Å²) in [6.07, 6.45) is 4.97. The second kappa shape index (κ2) is 6.92. The van der Waals surface area contributed by atoms with Crippen LogP contribution < -0.4 is 5.32 Å². The summed E-state index contributed by atoms with van der Waals surface area (Å²) in [5, 5.41) is 3.31. The van der Waals surface area contributed by atoms with Crippen molar-refractivity contribution in [2.45, 2.75) is 44.4 Å². The Kier molecular flexibility index (Phi) is 5.23. The summed E-state index contributed by atoms with van der Waals surface area (Å²) in [7, 11) is 3.65. The number of rotatable bonds is 7. The summed E-state index contributed by atoms with van der Waals surface area (Å²) in [6, 6.07) is 4.28. The molecule has 1 aromatic heterocycles. The van der Waals surface area contributed by atoms with Crippen LogP contribution in [0.4, 0.5) is 0 Å². The number of nitrogens with one attached hydrogen (secondary N) is 1. The molecule has 102 valence electrons. The van der Waals surface area contributed by atoms with Crippen LogP contribution in [-0.4, -0.2) is 26.9 Å². The van der Waals surface area contributed by atoms with E-state index in [2.05, 4.69) is 5.32 Å². The largest absolute Gasteiger partial charge is 0.462 e. The van der Waals surface area contributed by atoms with E-state index in [0.29, 0.717) is 12.7 Å². The van der Waals surface area contributed by atoms with Crippen LogP contribution in [0.15, 0.2) is 16.5 Å². The molecule has 4 heteroatoms. The molecule has 4 nitrogen and oxygen atoms in total. The van der Waals surface area contributed by atoms with Gasteiger partial charge in [-0.15, -0.1) is 0 Å². The van der Waals surface area contributed by atoms with Crippen LogP contribution in [0.1, 0.15) is 43.2 Å². The van der Waals surface area contributed by atoms with Crippen LogP contribution in [0.3, 0.4) is 0 Å². The fourth-order valence-electron chi connectivity index (χ4n) is 2.46. The highest BCUT2D eigenvalue weighted by molar-refractivity contribution is 5.10. The van der Waals surface area contributed by atoms with Crippen LogP contribution in [-0.2, 0) is 16.1 Å². The van der Waals surface area contributed by atoms with Crippen LogP contribution in [0.5, 0.6) is 0 Å². The Hall–Kier alpha value is -0.840. The summed E-state index contributed by atoms with van der Waals surface area (Å²) < 4.78 is 16.5. The standard InChI is InChI=1S/C14H23NO3/c1-15-13(7-5-11-4-3-9-17-11)14-8-6-12(18-14)10-16-2/h6,8,11,13,15H,3-5,7,9-10H2,1-2H3. The number of ether oxygens (including phenoxy) is 2. The first kappa shape index (κ1) is 13.6. The van der Waals surface area contributed by atoms with Gasteiger partial charge in [0.05, 0.1) is 12.1 Å². The molecule has 1 aliphatic rings. The molecule has 18 heavy (non-hydrogen) atoms. The Labute approximate surface area is 109 Å². The lowest BCUT2D eigenvalue weighted by Gasteiger charge is -2.16. The van der Waals surface area contributed by atoms with Crippen molar-refractivity contribution in [3.8, 4) is 0 Å². The molecule has 2 heterocycles. The van der Waals surface area contributed by atoms with E-state index in [0.717, 1.165) is 31.0 Å². The van der Waals surface area contributed by atoms with Crippen molar-refractivity contribution in [2.24, 2.45) is 0 Å². The molecule has 0 aliphatic carbocycles. The van der Waals surface area contributed by atoms with Gasteiger partial charge in [0.15, 0.2) is 0 Å². The lowest BCUT2D eigenvalue weighted by molar-refractivity contribution is 0.0988. The zero-order valence-electron chi connectivity index (χ0n) is 11.3. The Bertz CT molecular complexity index is 345. The van der Waals surface area contributed by atoms with Crippen molar-refractivity contribution in [3.63, 3.8) is 0 Å². The zero-order chi connectivity index (χ0) is 12.8. The minimum atomic E-state index is 0.264. The maximum absolute atomic E-state index is 5.76. The topological polar surface area (TPSA) is 43.6 Å². The highest BCUT2D eigenvalue weighted by Gasteiger charge is 2.19. The first-order chi connectivity index (χ1) is 8.83. The van der Waals surface area contributed by atoms with E-state index in [1.807, 2.05) is 19.2 Å². The molecular formula is C14H23NO3. The second-order valence-electron chi connectivity index (χ2n) is 4.79. The van der Waals surface area contributed by atoms with Crippen molar-refractivity contribution in [1.82, 2.24) is 5.32 Å². The van der Waals surface area contributed by atoms with Gasteiger partial charge in [-0.05, 0) is 44.9 Å². The predicted octanol–water partition coefficient (Wildman–Crippen LogP) is 2.65. The molecule has 0 spiro atoms. The van der Waals surface area contributed by atoms with Gasteiger partial charge < -0.3 is 19.2 Å². The van der Waals surface area contributed by atoms with E-state index in [1.165, 1.54) is 12.8 Å². The highest BCUT2D eigenvalue weighted by atomic mass is 16.5. The van der Waals surface area contributed by atoms with Gasteiger partial charge in [-0.1, -0.05) is 0 Å². The van der Waals surface area contributed by atoms with Gasteiger partial charge in [0.1, 0.15) is 18.1 Å². The molecule has 1 fully saturated rings. The molecule has 0 amide bonds. The van der Waals surface area contributed by atoms with Crippen molar-refractivity contribution < 1.29 is 13.9 Å². The van der Waals surface area contributed by atoms with Crippen molar-refractivity contribution >= 4 is 0 Å². The first-order valence-electron chi connectivity index (χ1n) is 6.70. The third kappa shape index (κ3) is 3.57. The van der Waals surface area contributed by atoms with Crippen LogP contribution in [0.2, 0.25) is 0 Å². The Morgan fingerprint density at radius 1 is 1.50 bits per heavy atom. The average Bonchev–Trinajstić information content (AvgIpc) is 3.02. The normalized spacial score (nSPS) is 21.3. The molecule has 0 saturated carbocycles. The van der Waals surface area contributed by atoms with Gasteiger partial charge in [0, 0.05) is 13.7 Å². The van der Waals surface area contributed by atoms with Gasteiger partial charge >= 0.3 is 0 Å². The molecule has 1 aromatic rings. The second-order valence-corrected chi connectivity index (χ2v) is 4.79. The van der Waals surface area contributed by atoms with Crippen molar-refractivity contribution in [3.05, 3.63) is 23.7 Å². The highest BCUT2D eigenvalue weighted by Crippen LogP contribution is 2.25. The van der Waals surface area contributed by atoms with E-state index in [9.17, 15) is 0 Å². The smallest absolute Gasteiger partial charge is 0.129 e. The quantitative estimate of drug-likeness (QED) is 0.811.